The molecule has 0 bridgehead atoms. The molecule has 0 aromatic heterocycles. The molecular formula is C19H17F3O2. The van der Waals surface area contributed by atoms with E-state index in [1.807, 2.05) is 0 Å². The number of halogens is 3. The minimum absolute atomic E-state index is 0.0107. The van der Waals surface area contributed by atoms with Crippen molar-refractivity contribution in [1.29, 1.82) is 0 Å². The van der Waals surface area contributed by atoms with E-state index in [9.17, 15) is 18.0 Å². The van der Waals surface area contributed by atoms with E-state index in [0.717, 1.165) is 5.56 Å². The number of cyclic esters (lactones) is 1. The van der Waals surface area contributed by atoms with Gasteiger partial charge in [0.1, 0.15) is 5.41 Å². The van der Waals surface area contributed by atoms with Crippen LogP contribution in [0.15, 0.2) is 54.6 Å². The van der Waals surface area contributed by atoms with E-state index in [-0.39, 0.29) is 12.0 Å². The molecule has 3 rings (SSSR count). The van der Waals surface area contributed by atoms with Crippen LogP contribution in [0.1, 0.15) is 30.0 Å². The Labute approximate surface area is 138 Å². The molecule has 1 fully saturated rings. The summed E-state index contributed by atoms with van der Waals surface area (Å²) in [4.78, 5) is 12.4. The number of carbonyl (C=O) groups excluding carboxylic acids is 1. The summed E-state index contributed by atoms with van der Waals surface area (Å²) in [5.74, 6) is -0.839. The summed E-state index contributed by atoms with van der Waals surface area (Å²) < 4.78 is 47.5. The fourth-order valence-corrected chi connectivity index (χ4v) is 3.61. The van der Waals surface area contributed by atoms with Crippen molar-refractivity contribution >= 4 is 5.97 Å². The molecule has 2 aromatic rings. The lowest BCUT2D eigenvalue weighted by Crippen LogP contribution is -2.73. The Balaban J connectivity index is 2.30. The van der Waals surface area contributed by atoms with Crippen molar-refractivity contribution in [3.8, 4) is 0 Å². The van der Waals surface area contributed by atoms with Gasteiger partial charge >= 0.3 is 12.1 Å². The standard InChI is InChI=1S/C19H17F3O2/c1-3-17(14-7-5-4-6-8-14)16(23)24-18(17,19(20,21)22)15-11-9-13(2)10-12-15/h4-12H,3H2,1-2H3/t17-,18+/m1/s1. The SMILES string of the molecule is CC[C@@]1(c2ccccc2)C(=O)O[C@]1(c1ccc(C)cc1)C(F)(F)F. The Morgan fingerprint density at radius 3 is 2.00 bits per heavy atom. The molecular weight excluding hydrogens is 317 g/mol. The summed E-state index contributed by atoms with van der Waals surface area (Å²) in [5.41, 5.74) is -3.33. The molecule has 0 N–H and O–H groups in total. The lowest BCUT2D eigenvalue weighted by atomic mass is 9.58. The third kappa shape index (κ3) is 1.93. The van der Waals surface area contributed by atoms with Crippen molar-refractivity contribution in [1.82, 2.24) is 0 Å². The third-order valence-corrected chi connectivity index (χ3v) is 4.85. The highest BCUT2D eigenvalue weighted by Gasteiger charge is 2.81. The van der Waals surface area contributed by atoms with E-state index >= 15 is 0 Å². The Morgan fingerprint density at radius 1 is 0.958 bits per heavy atom. The number of esters is 1. The smallest absolute Gasteiger partial charge is 0.434 e. The van der Waals surface area contributed by atoms with Gasteiger partial charge in [0, 0.05) is 5.56 Å². The van der Waals surface area contributed by atoms with Crippen LogP contribution in [-0.4, -0.2) is 12.1 Å². The molecule has 0 unspecified atom stereocenters. The Morgan fingerprint density at radius 2 is 1.54 bits per heavy atom. The van der Waals surface area contributed by atoms with Gasteiger partial charge in [0.25, 0.3) is 5.60 Å². The number of benzene rings is 2. The molecule has 2 atom stereocenters. The first-order chi connectivity index (χ1) is 11.3. The number of hydrogen-bond donors (Lipinski definition) is 0. The molecule has 1 aliphatic heterocycles. The molecule has 0 aliphatic carbocycles. The topological polar surface area (TPSA) is 26.3 Å². The Hall–Kier alpha value is -2.30. The minimum atomic E-state index is -4.73. The van der Waals surface area contributed by atoms with Crippen LogP contribution >= 0.6 is 0 Å². The molecule has 1 heterocycles. The predicted molar refractivity (Wildman–Crippen MR) is 83.4 cm³/mol. The number of hydrogen-bond acceptors (Lipinski definition) is 2. The van der Waals surface area contributed by atoms with Crippen LogP contribution < -0.4 is 0 Å². The lowest BCUT2D eigenvalue weighted by Gasteiger charge is -2.56. The highest BCUT2D eigenvalue weighted by atomic mass is 19.4. The van der Waals surface area contributed by atoms with Gasteiger partial charge in [-0.25, -0.2) is 0 Å². The van der Waals surface area contributed by atoms with Crippen molar-refractivity contribution < 1.29 is 22.7 Å². The highest BCUT2D eigenvalue weighted by molar-refractivity contribution is 5.92. The van der Waals surface area contributed by atoms with Gasteiger partial charge < -0.3 is 4.74 Å². The molecule has 2 nitrogen and oxygen atoms in total. The van der Waals surface area contributed by atoms with E-state index in [4.69, 9.17) is 4.74 Å². The summed E-state index contributed by atoms with van der Waals surface area (Å²) in [6.45, 7) is 3.38. The zero-order valence-corrected chi connectivity index (χ0v) is 13.4. The molecule has 0 radical (unpaired) electrons. The second-order valence-corrected chi connectivity index (χ2v) is 6.06. The van der Waals surface area contributed by atoms with E-state index in [1.54, 1.807) is 56.3 Å². The second-order valence-electron chi connectivity index (χ2n) is 6.06. The maximum absolute atomic E-state index is 14.2. The van der Waals surface area contributed by atoms with Crippen LogP contribution in [0.25, 0.3) is 0 Å². The Kier molecular flexibility index (Phi) is 3.70. The molecule has 24 heavy (non-hydrogen) atoms. The molecule has 5 heteroatoms. The van der Waals surface area contributed by atoms with E-state index < -0.39 is 23.2 Å². The van der Waals surface area contributed by atoms with Gasteiger partial charge in [-0.1, -0.05) is 67.1 Å². The minimum Gasteiger partial charge on any atom is -0.442 e. The average Bonchev–Trinajstić information content (AvgIpc) is 2.54. The number of carbonyl (C=O) groups is 1. The summed E-state index contributed by atoms with van der Waals surface area (Å²) in [6.07, 6.45) is -4.74. The fourth-order valence-electron chi connectivity index (χ4n) is 3.61. The van der Waals surface area contributed by atoms with Gasteiger partial charge in [-0.05, 0) is 18.9 Å². The van der Waals surface area contributed by atoms with Gasteiger partial charge in [-0.15, -0.1) is 0 Å². The van der Waals surface area contributed by atoms with Crippen molar-refractivity contribution in [2.24, 2.45) is 0 Å². The molecule has 0 saturated carbocycles. The quantitative estimate of drug-likeness (QED) is 0.763. The van der Waals surface area contributed by atoms with Crippen LogP contribution in [-0.2, 0) is 20.5 Å². The fraction of sp³-hybridized carbons (Fsp3) is 0.316. The van der Waals surface area contributed by atoms with Crippen molar-refractivity contribution in [2.45, 2.75) is 37.5 Å². The summed E-state index contributed by atoms with van der Waals surface area (Å²) in [7, 11) is 0. The number of rotatable bonds is 3. The molecule has 0 spiro atoms. The zero-order valence-electron chi connectivity index (χ0n) is 13.4. The largest absolute Gasteiger partial charge is 0.442 e. The summed E-state index contributed by atoms with van der Waals surface area (Å²) >= 11 is 0. The van der Waals surface area contributed by atoms with E-state index in [0.29, 0.717) is 5.56 Å². The van der Waals surface area contributed by atoms with Crippen LogP contribution in [0.4, 0.5) is 13.2 Å². The molecule has 1 aliphatic rings. The van der Waals surface area contributed by atoms with Crippen molar-refractivity contribution in [3.05, 3.63) is 71.3 Å². The summed E-state index contributed by atoms with van der Waals surface area (Å²) in [6, 6.07) is 14.1. The summed E-state index contributed by atoms with van der Waals surface area (Å²) in [5, 5.41) is 0. The predicted octanol–water partition coefficient (Wildman–Crippen LogP) is 4.66. The first-order valence-electron chi connectivity index (χ1n) is 7.72. The third-order valence-electron chi connectivity index (χ3n) is 4.85. The van der Waals surface area contributed by atoms with Gasteiger partial charge in [-0.3, -0.25) is 4.79 Å². The van der Waals surface area contributed by atoms with Crippen LogP contribution in [0.5, 0.6) is 0 Å². The first kappa shape index (κ1) is 16.6. The van der Waals surface area contributed by atoms with Gasteiger partial charge in [-0.2, -0.15) is 13.2 Å². The number of ether oxygens (including phenoxy) is 1. The maximum Gasteiger partial charge on any atom is 0.434 e. The lowest BCUT2D eigenvalue weighted by molar-refractivity contribution is -0.341. The molecule has 1 saturated heterocycles. The zero-order chi connectivity index (χ0) is 17.6. The van der Waals surface area contributed by atoms with Crippen molar-refractivity contribution in [3.63, 3.8) is 0 Å². The number of aryl methyl sites for hydroxylation is 1. The maximum atomic E-state index is 14.2. The molecule has 126 valence electrons. The molecule has 0 amide bonds. The van der Waals surface area contributed by atoms with E-state index in [2.05, 4.69) is 0 Å². The monoisotopic (exact) mass is 334 g/mol. The number of alkyl halides is 3. The van der Waals surface area contributed by atoms with E-state index in [1.165, 1.54) is 12.1 Å². The van der Waals surface area contributed by atoms with Gasteiger partial charge in [0.15, 0.2) is 0 Å². The van der Waals surface area contributed by atoms with Crippen LogP contribution in [0, 0.1) is 6.92 Å². The Bertz CT molecular complexity index is 752. The van der Waals surface area contributed by atoms with Crippen molar-refractivity contribution in [2.75, 3.05) is 0 Å². The molecule has 2 aromatic carbocycles. The highest BCUT2D eigenvalue weighted by Crippen LogP contribution is 2.63. The first-order valence-corrected chi connectivity index (χ1v) is 7.72. The van der Waals surface area contributed by atoms with Gasteiger partial charge in [0.05, 0.1) is 0 Å². The van der Waals surface area contributed by atoms with Crippen LogP contribution in [0.3, 0.4) is 0 Å². The second kappa shape index (κ2) is 5.36. The average molecular weight is 334 g/mol. The van der Waals surface area contributed by atoms with Crippen LogP contribution in [0.2, 0.25) is 0 Å². The normalized spacial score (nSPS) is 26.6. The van der Waals surface area contributed by atoms with Gasteiger partial charge in [0.2, 0.25) is 0 Å².